The molecule has 0 aromatic heterocycles. The van der Waals surface area contributed by atoms with E-state index in [-0.39, 0.29) is 17.3 Å². The molecule has 1 heterocycles. The van der Waals surface area contributed by atoms with Gasteiger partial charge in [0.05, 0.1) is 10.6 Å². The molecule has 0 spiro atoms. The van der Waals surface area contributed by atoms with E-state index in [0.717, 1.165) is 17.5 Å². The highest BCUT2D eigenvalue weighted by Crippen LogP contribution is 2.27. The van der Waals surface area contributed by atoms with E-state index in [1.165, 1.54) is 9.87 Å². The van der Waals surface area contributed by atoms with Crippen molar-refractivity contribution < 1.29 is 13.2 Å². The van der Waals surface area contributed by atoms with Gasteiger partial charge in [0.15, 0.2) is 0 Å². The van der Waals surface area contributed by atoms with Crippen LogP contribution in [0.2, 0.25) is 0 Å². The minimum atomic E-state index is -3.90. The first-order valence-electron chi connectivity index (χ1n) is 10.9. The van der Waals surface area contributed by atoms with Crippen LogP contribution in [0.15, 0.2) is 83.8 Å². The number of hydrogen-bond donors (Lipinski definition) is 0. The molecule has 0 saturated carbocycles. The van der Waals surface area contributed by atoms with E-state index in [1.54, 1.807) is 47.4 Å². The molecule has 1 aliphatic heterocycles. The fourth-order valence-electron chi connectivity index (χ4n) is 3.99. The Balaban J connectivity index is 1.64. The van der Waals surface area contributed by atoms with Crippen LogP contribution in [-0.4, -0.2) is 32.3 Å². The van der Waals surface area contributed by atoms with Crippen molar-refractivity contribution in [1.82, 2.24) is 4.90 Å². The molecule has 0 unspecified atom stereocenters. The summed E-state index contributed by atoms with van der Waals surface area (Å²) in [4.78, 5) is 15.2. The van der Waals surface area contributed by atoms with Crippen LogP contribution in [-0.2, 0) is 27.8 Å². The molecule has 0 radical (unpaired) electrons. The Bertz CT molecular complexity index is 1190. The summed E-state index contributed by atoms with van der Waals surface area (Å²) in [6.45, 7) is 5.03. The van der Waals surface area contributed by atoms with Crippen molar-refractivity contribution in [2.75, 3.05) is 17.4 Å². The van der Waals surface area contributed by atoms with Crippen molar-refractivity contribution in [3.63, 3.8) is 0 Å². The lowest BCUT2D eigenvalue weighted by molar-refractivity contribution is -0.130. The molecule has 5 nitrogen and oxygen atoms in total. The van der Waals surface area contributed by atoms with Gasteiger partial charge in [0.2, 0.25) is 5.91 Å². The molecule has 3 aromatic rings. The van der Waals surface area contributed by atoms with E-state index in [4.69, 9.17) is 0 Å². The average molecular weight is 449 g/mol. The van der Waals surface area contributed by atoms with E-state index in [2.05, 4.69) is 19.9 Å². The lowest BCUT2D eigenvalue weighted by atomic mass is 10.00. The molecule has 0 saturated heterocycles. The Morgan fingerprint density at radius 3 is 2.19 bits per heavy atom. The smallest absolute Gasteiger partial charge is 0.264 e. The molecule has 32 heavy (non-hydrogen) atoms. The molecule has 0 N–H and O–H groups in total. The van der Waals surface area contributed by atoms with Gasteiger partial charge in [-0.3, -0.25) is 9.10 Å². The summed E-state index contributed by atoms with van der Waals surface area (Å²) in [7, 11) is -3.90. The van der Waals surface area contributed by atoms with Gasteiger partial charge >= 0.3 is 0 Å². The molecule has 1 aliphatic rings. The lowest BCUT2D eigenvalue weighted by Gasteiger charge is -2.32. The monoisotopic (exact) mass is 448 g/mol. The van der Waals surface area contributed by atoms with Gasteiger partial charge in [-0.15, -0.1) is 0 Å². The molecule has 0 aliphatic carbocycles. The van der Waals surface area contributed by atoms with Crippen molar-refractivity contribution in [2.45, 2.75) is 37.6 Å². The summed E-state index contributed by atoms with van der Waals surface area (Å²) >= 11 is 0. The fraction of sp³-hybridized carbons (Fsp3) is 0.269. The van der Waals surface area contributed by atoms with Gasteiger partial charge < -0.3 is 4.90 Å². The van der Waals surface area contributed by atoms with E-state index >= 15 is 0 Å². The highest BCUT2D eigenvalue weighted by molar-refractivity contribution is 7.92. The number of fused-ring (bicyclic) bond motifs is 1. The molecule has 0 fully saturated rings. The standard InChI is InChI=1S/C26H28N2O3S/c1-20(2)21-12-14-24(15-13-21)28(32(30,31)25-10-4-3-5-11-25)19-26(29)27-17-16-22-8-6-7-9-23(22)18-27/h3-15,20H,16-19H2,1-2H3. The van der Waals surface area contributed by atoms with Crippen molar-refractivity contribution in [3.05, 3.63) is 95.6 Å². The van der Waals surface area contributed by atoms with E-state index in [1.807, 2.05) is 30.3 Å². The number of sulfonamides is 1. The molecule has 166 valence electrons. The molecule has 0 bridgehead atoms. The van der Waals surface area contributed by atoms with Gasteiger partial charge in [0.1, 0.15) is 6.54 Å². The second-order valence-electron chi connectivity index (χ2n) is 8.40. The summed E-state index contributed by atoms with van der Waals surface area (Å²) in [6, 6.07) is 23.8. The Morgan fingerprint density at radius 2 is 1.53 bits per heavy atom. The van der Waals surface area contributed by atoms with Gasteiger partial charge in [0, 0.05) is 13.1 Å². The van der Waals surface area contributed by atoms with Crippen LogP contribution in [0, 0.1) is 0 Å². The van der Waals surface area contributed by atoms with Crippen LogP contribution in [0.3, 0.4) is 0 Å². The first-order valence-corrected chi connectivity index (χ1v) is 12.3. The van der Waals surface area contributed by atoms with Crippen molar-refractivity contribution >= 4 is 21.6 Å². The van der Waals surface area contributed by atoms with Gasteiger partial charge in [-0.1, -0.05) is 68.4 Å². The summed E-state index contributed by atoms with van der Waals surface area (Å²) in [5, 5.41) is 0. The number of hydrogen-bond acceptors (Lipinski definition) is 3. The second-order valence-corrected chi connectivity index (χ2v) is 10.3. The Labute approximate surface area is 190 Å². The molecule has 0 atom stereocenters. The maximum atomic E-state index is 13.5. The van der Waals surface area contributed by atoms with Gasteiger partial charge in [-0.25, -0.2) is 8.42 Å². The molecular weight excluding hydrogens is 420 g/mol. The number of benzene rings is 3. The van der Waals surface area contributed by atoms with E-state index in [9.17, 15) is 13.2 Å². The van der Waals surface area contributed by atoms with Crippen LogP contribution in [0.4, 0.5) is 5.69 Å². The number of nitrogens with zero attached hydrogens (tertiary/aromatic N) is 2. The first-order chi connectivity index (χ1) is 15.4. The zero-order valence-corrected chi connectivity index (χ0v) is 19.3. The van der Waals surface area contributed by atoms with Crippen molar-refractivity contribution in [3.8, 4) is 0 Å². The lowest BCUT2D eigenvalue weighted by Crippen LogP contribution is -2.44. The number of anilines is 1. The zero-order chi connectivity index (χ0) is 22.7. The SMILES string of the molecule is CC(C)c1ccc(N(CC(=O)N2CCc3ccccc3C2)S(=O)(=O)c2ccccc2)cc1. The Morgan fingerprint density at radius 1 is 0.906 bits per heavy atom. The predicted octanol–water partition coefficient (Wildman–Crippen LogP) is 4.59. The topological polar surface area (TPSA) is 57.7 Å². The maximum Gasteiger partial charge on any atom is 0.264 e. The quantitative estimate of drug-likeness (QED) is 0.554. The normalized spacial score (nSPS) is 13.7. The first kappa shape index (κ1) is 22.1. The summed E-state index contributed by atoms with van der Waals surface area (Å²) < 4.78 is 28.3. The predicted molar refractivity (Wildman–Crippen MR) is 127 cm³/mol. The molecule has 6 heteroatoms. The van der Waals surface area contributed by atoms with Crippen LogP contribution in [0.1, 0.15) is 36.5 Å². The highest BCUT2D eigenvalue weighted by atomic mass is 32.2. The van der Waals surface area contributed by atoms with E-state index in [0.29, 0.717) is 24.7 Å². The van der Waals surface area contributed by atoms with Crippen LogP contribution >= 0.6 is 0 Å². The van der Waals surface area contributed by atoms with Crippen LogP contribution in [0.5, 0.6) is 0 Å². The molecular formula is C26H28N2O3S. The largest absolute Gasteiger partial charge is 0.336 e. The average Bonchev–Trinajstić information content (AvgIpc) is 2.82. The van der Waals surface area contributed by atoms with Gasteiger partial charge in [-0.2, -0.15) is 0 Å². The number of carbonyl (C=O) groups excluding carboxylic acids is 1. The third kappa shape index (κ3) is 4.55. The van der Waals surface area contributed by atoms with Gasteiger partial charge in [0.25, 0.3) is 10.0 Å². The van der Waals surface area contributed by atoms with Crippen molar-refractivity contribution in [2.24, 2.45) is 0 Å². The summed E-state index contributed by atoms with van der Waals surface area (Å²) in [6.07, 6.45) is 0.774. The van der Waals surface area contributed by atoms with Gasteiger partial charge in [-0.05, 0) is 53.3 Å². The Kier molecular flexibility index (Phi) is 6.33. The van der Waals surface area contributed by atoms with Crippen LogP contribution < -0.4 is 4.31 Å². The number of carbonyl (C=O) groups is 1. The van der Waals surface area contributed by atoms with Crippen LogP contribution in [0.25, 0.3) is 0 Å². The second kappa shape index (κ2) is 9.17. The maximum absolute atomic E-state index is 13.5. The summed E-state index contributed by atoms with van der Waals surface area (Å²) in [5.74, 6) is 0.130. The van der Waals surface area contributed by atoms with E-state index < -0.39 is 10.0 Å². The number of amides is 1. The van der Waals surface area contributed by atoms with Crippen molar-refractivity contribution in [1.29, 1.82) is 0 Å². The highest BCUT2D eigenvalue weighted by Gasteiger charge is 2.30. The summed E-state index contributed by atoms with van der Waals surface area (Å²) in [5.41, 5.74) is 3.97. The fourth-order valence-corrected chi connectivity index (χ4v) is 5.43. The zero-order valence-electron chi connectivity index (χ0n) is 18.4. The third-order valence-electron chi connectivity index (χ3n) is 5.94. The Hall–Kier alpha value is -3.12. The minimum absolute atomic E-state index is 0.171. The third-order valence-corrected chi connectivity index (χ3v) is 7.73. The number of rotatable bonds is 6. The molecule has 1 amide bonds. The minimum Gasteiger partial charge on any atom is -0.336 e. The molecule has 4 rings (SSSR count). The molecule has 3 aromatic carbocycles.